The third-order valence-corrected chi connectivity index (χ3v) is 20.6. The topological polar surface area (TPSA) is 237 Å². The molecule has 0 aliphatic rings. The Hall–Kier alpha value is -1.94. The highest BCUT2D eigenvalue weighted by Gasteiger charge is 2.30. The first-order chi connectivity index (χ1) is 47.9. The summed E-state index contributed by atoms with van der Waals surface area (Å²) in [5, 5.41) is 10.6. The highest BCUT2D eigenvalue weighted by Crippen LogP contribution is 2.45. The number of hydrogen-bond acceptors (Lipinski definition) is 15. The first-order valence-corrected chi connectivity index (χ1v) is 44.5. The summed E-state index contributed by atoms with van der Waals surface area (Å²) in [7, 11) is -9.92. The summed E-state index contributed by atoms with van der Waals surface area (Å²) in [5.74, 6) is -0.654. The molecule has 0 bridgehead atoms. The summed E-state index contributed by atoms with van der Waals surface area (Å²) in [6, 6.07) is 0. The predicted molar refractivity (Wildman–Crippen MR) is 405 cm³/mol. The lowest BCUT2D eigenvalue weighted by molar-refractivity contribution is -0.161. The SMILES string of the molecule is CCCCCCCCCCCCCCCCCCCCCCC(=O)O[C@H](COC(=O)CCCCCCCCCCCCCCCCCC)COP(=O)(O)OC[C@@H](O)COP(=O)(O)OC[C@@H](COC(=O)CCCCCCCCCC(C)C)OC(=O)CCCCCCCCCCCCC(C)C. The van der Waals surface area contributed by atoms with Gasteiger partial charge in [-0.15, -0.1) is 0 Å². The Kier molecular flexibility index (Phi) is 70.3. The molecule has 0 amide bonds. The fraction of sp³-hybridized carbons (Fsp3) is 0.950. The van der Waals surface area contributed by atoms with Crippen LogP contribution in [-0.2, 0) is 65.4 Å². The van der Waals surface area contributed by atoms with Crippen LogP contribution in [0.3, 0.4) is 0 Å². The molecule has 5 atom stereocenters. The molecule has 17 nitrogen and oxygen atoms in total. The van der Waals surface area contributed by atoms with Crippen LogP contribution < -0.4 is 0 Å². The molecule has 3 N–H and O–H groups in total. The van der Waals surface area contributed by atoms with E-state index in [2.05, 4.69) is 41.5 Å². The largest absolute Gasteiger partial charge is 0.472 e. The van der Waals surface area contributed by atoms with Gasteiger partial charge in [0.1, 0.15) is 19.3 Å². The van der Waals surface area contributed by atoms with Gasteiger partial charge in [0.2, 0.25) is 0 Å². The maximum Gasteiger partial charge on any atom is 0.472 e. The van der Waals surface area contributed by atoms with Crippen LogP contribution in [0.5, 0.6) is 0 Å². The van der Waals surface area contributed by atoms with E-state index in [-0.39, 0.29) is 25.7 Å². The molecule has 0 spiro atoms. The Morgan fingerprint density at radius 2 is 0.465 bits per heavy atom. The van der Waals surface area contributed by atoms with E-state index < -0.39 is 97.5 Å². The van der Waals surface area contributed by atoms with Crippen LogP contribution in [0, 0.1) is 11.8 Å². The molecule has 2 unspecified atom stereocenters. The van der Waals surface area contributed by atoms with E-state index in [1.165, 1.54) is 231 Å². The molecule has 0 aromatic rings. The second-order valence-corrected chi connectivity index (χ2v) is 32.7. The van der Waals surface area contributed by atoms with Crippen molar-refractivity contribution in [3.63, 3.8) is 0 Å². The van der Waals surface area contributed by atoms with Crippen molar-refractivity contribution < 1.29 is 80.2 Å². The highest BCUT2D eigenvalue weighted by molar-refractivity contribution is 7.47. The van der Waals surface area contributed by atoms with E-state index in [0.717, 1.165) is 102 Å². The smallest absolute Gasteiger partial charge is 0.462 e. The number of aliphatic hydroxyl groups excluding tert-OH is 1. The van der Waals surface area contributed by atoms with E-state index in [1.807, 2.05) is 0 Å². The summed E-state index contributed by atoms with van der Waals surface area (Å²) < 4.78 is 68.7. The van der Waals surface area contributed by atoms with E-state index in [4.69, 9.17) is 37.0 Å². The summed E-state index contributed by atoms with van der Waals surface area (Å²) in [6.45, 7) is 9.56. The second-order valence-electron chi connectivity index (χ2n) is 29.8. The fourth-order valence-electron chi connectivity index (χ4n) is 12.4. The maximum absolute atomic E-state index is 13.1. The number of unbranched alkanes of at least 4 members (excludes halogenated alkanes) is 49. The summed E-state index contributed by atoms with van der Waals surface area (Å²) in [6.07, 6.45) is 61.2. The number of phosphoric ester groups is 2. The fourth-order valence-corrected chi connectivity index (χ4v) is 13.9. The average Bonchev–Trinajstić information content (AvgIpc) is 0.951. The zero-order valence-electron chi connectivity index (χ0n) is 64.8. The van der Waals surface area contributed by atoms with Crippen LogP contribution in [0.1, 0.15) is 420 Å². The minimum Gasteiger partial charge on any atom is -0.462 e. The second kappa shape index (κ2) is 71.7. The van der Waals surface area contributed by atoms with Crippen molar-refractivity contribution in [2.75, 3.05) is 39.6 Å². The van der Waals surface area contributed by atoms with Crippen molar-refractivity contribution in [1.29, 1.82) is 0 Å². The molecule has 0 saturated carbocycles. The van der Waals surface area contributed by atoms with E-state index >= 15 is 0 Å². The Bertz CT molecular complexity index is 1910. The summed E-state index contributed by atoms with van der Waals surface area (Å²) in [4.78, 5) is 73.0. The number of carbonyl (C=O) groups excluding carboxylic acids is 4. The molecule has 0 aromatic carbocycles. The molecule has 0 aliphatic carbocycles. The molecule has 19 heteroatoms. The molecule has 0 rings (SSSR count). The standard InChI is InChI=1S/C80H156O17P2/c1-7-9-11-13-15-17-19-21-23-25-26-27-28-30-32-34-39-45-52-58-64-79(84)96-75(68-90-77(82)62-56-50-44-38-33-31-29-24-22-20-18-16-14-12-10-8-2)70-94-98(86,87)92-66-74(81)67-93-99(88,89)95-71-76(69-91-78(83)63-57-51-47-41-43-49-55-61-73(5)6)97-80(85)65-59-53-46-40-36-35-37-42-48-54-60-72(3)4/h72-76,81H,7-71H2,1-6H3,(H,86,87)(H,88,89)/t74-,75-,76-/m1/s1. The number of esters is 4. The van der Waals surface area contributed by atoms with Gasteiger partial charge in [0.15, 0.2) is 12.2 Å². The summed E-state index contributed by atoms with van der Waals surface area (Å²) >= 11 is 0. The van der Waals surface area contributed by atoms with E-state index in [9.17, 15) is 43.2 Å². The third-order valence-electron chi connectivity index (χ3n) is 18.7. The maximum atomic E-state index is 13.1. The number of aliphatic hydroxyl groups is 1. The van der Waals surface area contributed by atoms with Crippen molar-refractivity contribution in [1.82, 2.24) is 0 Å². The molecule has 0 aromatic heterocycles. The Labute approximate surface area is 607 Å². The lowest BCUT2D eigenvalue weighted by atomic mass is 10.0. The predicted octanol–water partition coefficient (Wildman–Crippen LogP) is 23.9. The molecule has 0 radical (unpaired) electrons. The summed E-state index contributed by atoms with van der Waals surface area (Å²) in [5.41, 5.74) is 0. The van der Waals surface area contributed by atoms with Gasteiger partial charge in [0, 0.05) is 25.7 Å². The Morgan fingerprint density at radius 3 is 0.687 bits per heavy atom. The van der Waals surface area contributed by atoms with Gasteiger partial charge in [-0.3, -0.25) is 37.3 Å². The van der Waals surface area contributed by atoms with Crippen LogP contribution in [-0.4, -0.2) is 96.7 Å². The monoisotopic (exact) mass is 1450 g/mol. The van der Waals surface area contributed by atoms with Crippen LogP contribution in [0.4, 0.5) is 0 Å². The van der Waals surface area contributed by atoms with Gasteiger partial charge in [-0.25, -0.2) is 9.13 Å². The normalized spacial score (nSPS) is 13.9. The lowest BCUT2D eigenvalue weighted by Gasteiger charge is -2.21. The van der Waals surface area contributed by atoms with Crippen molar-refractivity contribution in [3.05, 3.63) is 0 Å². The van der Waals surface area contributed by atoms with Crippen LogP contribution in [0.2, 0.25) is 0 Å². The van der Waals surface area contributed by atoms with Gasteiger partial charge >= 0.3 is 39.5 Å². The average molecular weight is 1450 g/mol. The molecule has 0 aliphatic heterocycles. The van der Waals surface area contributed by atoms with Gasteiger partial charge in [0.05, 0.1) is 26.4 Å². The molecular weight excluding hydrogens is 1290 g/mol. The number of phosphoric acid groups is 2. The number of carbonyl (C=O) groups is 4. The van der Waals surface area contributed by atoms with Crippen molar-refractivity contribution >= 4 is 39.5 Å². The van der Waals surface area contributed by atoms with Crippen molar-refractivity contribution in [2.45, 2.75) is 439 Å². The Morgan fingerprint density at radius 1 is 0.273 bits per heavy atom. The third kappa shape index (κ3) is 74.1. The highest BCUT2D eigenvalue weighted by atomic mass is 31.2. The molecule has 0 heterocycles. The van der Waals surface area contributed by atoms with Gasteiger partial charge in [-0.2, -0.15) is 0 Å². The first-order valence-electron chi connectivity index (χ1n) is 41.5. The van der Waals surface area contributed by atoms with E-state index in [0.29, 0.717) is 31.6 Å². The molecular formula is C80H156O17P2. The molecule has 0 saturated heterocycles. The first kappa shape index (κ1) is 97.1. The quantitative estimate of drug-likeness (QED) is 0.0222. The molecule has 99 heavy (non-hydrogen) atoms. The minimum absolute atomic E-state index is 0.105. The van der Waals surface area contributed by atoms with Gasteiger partial charge in [0.25, 0.3) is 0 Å². The van der Waals surface area contributed by atoms with Crippen LogP contribution >= 0.6 is 15.6 Å². The molecule has 0 fully saturated rings. The van der Waals surface area contributed by atoms with Gasteiger partial charge in [-0.1, -0.05) is 369 Å². The van der Waals surface area contributed by atoms with E-state index in [1.54, 1.807) is 0 Å². The van der Waals surface area contributed by atoms with Gasteiger partial charge < -0.3 is 33.8 Å². The van der Waals surface area contributed by atoms with Crippen molar-refractivity contribution in [2.24, 2.45) is 11.8 Å². The number of rotatable bonds is 79. The zero-order chi connectivity index (χ0) is 72.8. The van der Waals surface area contributed by atoms with Crippen LogP contribution in [0.15, 0.2) is 0 Å². The van der Waals surface area contributed by atoms with Crippen molar-refractivity contribution in [3.8, 4) is 0 Å². The van der Waals surface area contributed by atoms with Gasteiger partial charge in [-0.05, 0) is 37.5 Å². The zero-order valence-corrected chi connectivity index (χ0v) is 66.6. The number of ether oxygens (including phenoxy) is 4. The minimum atomic E-state index is -4.96. The van der Waals surface area contributed by atoms with Crippen LogP contribution in [0.25, 0.3) is 0 Å². The Balaban J connectivity index is 5.23. The molecule has 588 valence electrons. The lowest BCUT2D eigenvalue weighted by Crippen LogP contribution is -2.30. The number of hydrogen-bond donors (Lipinski definition) is 3.